The van der Waals surface area contributed by atoms with Crippen molar-refractivity contribution in [1.82, 2.24) is 4.90 Å². The zero-order valence-electron chi connectivity index (χ0n) is 12.2. The Kier molecular flexibility index (Phi) is 3.44. The van der Waals surface area contributed by atoms with Crippen LogP contribution in [-0.2, 0) is 12.8 Å². The minimum absolute atomic E-state index is 0.137. The van der Waals surface area contributed by atoms with E-state index in [4.69, 9.17) is 0 Å². The van der Waals surface area contributed by atoms with Crippen LogP contribution in [0.25, 0.3) is 10.4 Å². The maximum atomic E-state index is 13.9. The quantitative estimate of drug-likeness (QED) is 0.771. The molecule has 2 aliphatic rings. The molecule has 1 unspecified atom stereocenters. The minimum atomic E-state index is -0.952. The smallest absolute Gasteiger partial charge is 0.264 e. The number of hydrogen-bond acceptors (Lipinski definition) is 2. The first-order valence-corrected chi connectivity index (χ1v) is 8.39. The van der Waals surface area contributed by atoms with Crippen LogP contribution in [-0.4, -0.2) is 30.1 Å². The summed E-state index contributed by atoms with van der Waals surface area (Å²) in [6.07, 6.45) is 0.431. The molecule has 0 bridgehead atoms. The summed E-state index contributed by atoms with van der Waals surface area (Å²) < 4.78 is 40.6. The zero-order chi connectivity index (χ0) is 16.1. The predicted molar refractivity (Wildman–Crippen MR) is 82.5 cm³/mol. The lowest BCUT2D eigenvalue weighted by Crippen LogP contribution is -2.28. The predicted octanol–water partition coefficient (Wildman–Crippen LogP) is 3.98. The van der Waals surface area contributed by atoms with E-state index < -0.39 is 17.8 Å². The van der Waals surface area contributed by atoms with Gasteiger partial charge < -0.3 is 4.90 Å². The zero-order valence-corrected chi connectivity index (χ0v) is 13.1. The fraction of sp³-hybridized carbons (Fsp3) is 0.353. The highest BCUT2D eigenvalue weighted by Gasteiger charge is 2.30. The van der Waals surface area contributed by atoms with Gasteiger partial charge in [-0.2, -0.15) is 0 Å². The summed E-state index contributed by atoms with van der Waals surface area (Å²) in [4.78, 5) is 15.4. The molecule has 0 N–H and O–H groups in total. The summed E-state index contributed by atoms with van der Waals surface area (Å²) in [6, 6.07) is 4.51. The van der Waals surface area contributed by atoms with Crippen molar-refractivity contribution in [2.24, 2.45) is 0 Å². The SMILES string of the molecule is O=C(c1cc2c(s1)-c1ccc(F)c(F)c1CC2)N1CCC(F)C1. The summed E-state index contributed by atoms with van der Waals surface area (Å²) in [6.45, 7) is 0.566. The van der Waals surface area contributed by atoms with Crippen molar-refractivity contribution in [2.45, 2.75) is 25.4 Å². The number of halogens is 3. The van der Waals surface area contributed by atoms with Gasteiger partial charge in [-0.1, -0.05) is 6.07 Å². The Morgan fingerprint density at radius 3 is 2.83 bits per heavy atom. The van der Waals surface area contributed by atoms with Crippen molar-refractivity contribution in [3.05, 3.63) is 45.8 Å². The van der Waals surface area contributed by atoms with Crippen LogP contribution in [0.4, 0.5) is 13.2 Å². The molecule has 0 saturated carbocycles. The van der Waals surface area contributed by atoms with Crippen LogP contribution in [0.1, 0.15) is 27.2 Å². The van der Waals surface area contributed by atoms with Crippen molar-refractivity contribution < 1.29 is 18.0 Å². The lowest BCUT2D eigenvalue weighted by molar-refractivity contribution is 0.0787. The Bertz CT molecular complexity index is 801. The topological polar surface area (TPSA) is 20.3 Å². The number of rotatable bonds is 1. The van der Waals surface area contributed by atoms with E-state index in [-0.39, 0.29) is 12.5 Å². The third-order valence-corrected chi connectivity index (χ3v) is 5.72. The monoisotopic (exact) mass is 337 g/mol. The lowest BCUT2D eigenvalue weighted by Gasteiger charge is -2.16. The van der Waals surface area contributed by atoms with Gasteiger partial charge >= 0.3 is 0 Å². The van der Waals surface area contributed by atoms with Crippen molar-refractivity contribution in [3.8, 4) is 10.4 Å². The number of likely N-dealkylation sites (tertiary alicyclic amines) is 1. The third kappa shape index (κ3) is 2.36. The van der Waals surface area contributed by atoms with Gasteiger partial charge in [-0.25, -0.2) is 13.2 Å². The molecule has 1 aromatic carbocycles. The second-order valence-corrected chi connectivity index (χ2v) is 7.04. The van der Waals surface area contributed by atoms with Gasteiger partial charge in [0.05, 0.1) is 11.4 Å². The number of thiophene rings is 1. The molecule has 1 fully saturated rings. The molecular weight excluding hydrogens is 323 g/mol. The van der Waals surface area contributed by atoms with E-state index in [9.17, 15) is 18.0 Å². The number of benzene rings is 1. The average Bonchev–Trinajstić information content (AvgIpc) is 3.16. The van der Waals surface area contributed by atoms with Gasteiger partial charge in [0.2, 0.25) is 0 Å². The van der Waals surface area contributed by atoms with Crippen LogP contribution >= 0.6 is 11.3 Å². The molecule has 1 amide bonds. The number of nitrogens with zero attached hydrogens (tertiary/aromatic N) is 1. The van der Waals surface area contributed by atoms with E-state index in [0.717, 1.165) is 16.5 Å². The van der Waals surface area contributed by atoms with Gasteiger partial charge in [-0.15, -0.1) is 11.3 Å². The largest absolute Gasteiger partial charge is 0.335 e. The number of carbonyl (C=O) groups is 1. The summed E-state index contributed by atoms with van der Waals surface area (Å²) in [5.74, 6) is -1.81. The molecule has 0 radical (unpaired) electrons. The Labute approximate surface area is 135 Å². The molecule has 1 saturated heterocycles. The van der Waals surface area contributed by atoms with Gasteiger partial charge in [0.25, 0.3) is 5.91 Å². The molecule has 1 aromatic heterocycles. The van der Waals surface area contributed by atoms with Crippen LogP contribution in [0.3, 0.4) is 0 Å². The first-order chi connectivity index (χ1) is 11.0. The summed E-state index contributed by atoms with van der Waals surface area (Å²) in [7, 11) is 0. The van der Waals surface area contributed by atoms with Gasteiger partial charge in [0.15, 0.2) is 11.6 Å². The van der Waals surface area contributed by atoms with Gasteiger partial charge in [0, 0.05) is 11.4 Å². The molecule has 120 valence electrons. The molecule has 4 rings (SSSR count). The van der Waals surface area contributed by atoms with E-state index in [2.05, 4.69) is 0 Å². The molecule has 1 aliphatic heterocycles. The maximum Gasteiger partial charge on any atom is 0.264 e. The van der Waals surface area contributed by atoms with Gasteiger partial charge in [0.1, 0.15) is 6.17 Å². The highest BCUT2D eigenvalue weighted by molar-refractivity contribution is 7.17. The van der Waals surface area contributed by atoms with E-state index in [1.54, 1.807) is 6.07 Å². The fourth-order valence-corrected chi connectivity index (χ4v) is 4.55. The third-order valence-electron chi connectivity index (χ3n) is 4.52. The highest BCUT2D eigenvalue weighted by Crippen LogP contribution is 2.41. The Balaban J connectivity index is 1.72. The normalized spacial score (nSPS) is 19.6. The molecule has 0 spiro atoms. The van der Waals surface area contributed by atoms with E-state index >= 15 is 0 Å². The number of amides is 1. The second kappa shape index (κ2) is 5.37. The molecular formula is C17H14F3NOS. The van der Waals surface area contributed by atoms with E-state index in [1.165, 1.54) is 16.2 Å². The van der Waals surface area contributed by atoms with Crippen molar-refractivity contribution >= 4 is 17.2 Å². The van der Waals surface area contributed by atoms with Crippen LogP contribution in [0, 0.1) is 11.6 Å². The Morgan fingerprint density at radius 1 is 1.26 bits per heavy atom. The molecule has 2 aromatic rings. The van der Waals surface area contributed by atoms with Crippen LogP contribution in [0.2, 0.25) is 0 Å². The number of aryl methyl sites for hydroxylation is 1. The molecule has 1 aliphatic carbocycles. The summed E-state index contributed by atoms with van der Waals surface area (Å²) >= 11 is 1.29. The molecule has 2 nitrogen and oxygen atoms in total. The molecule has 1 atom stereocenters. The van der Waals surface area contributed by atoms with E-state index in [0.29, 0.717) is 41.8 Å². The fourth-order valence-electron chi connectivity index (χ4n) is 3.32. The van der Waals surface area contributed by atoms with E-state index in [1.807, 2.05) is 6.07 Å². The summed E-state index contributed by atoms with van der Waals surface area (Å²) in [5.41, 5.74) is 2.02. The first kappa shape index (κ1) is 14.8. The lowest BCUT2D eigenvalue weighted by atomic mass is 9.91. The first-order valence-electron chi connectivity index (χ1n) is 7.58. The Hall–Kier alpha value is -1.82. The highest BCUT2D eigenvalue weighted by atomic mass is 32.1. The summed E-state index contributed by atoms with van der Waals surface area (Å²) in [5, 5.41) is 0. The van der Waals surface area contributed by atoms with Gasteiger partial charge in [-0.3, -0.25) is 4.79 Å². The average molecular weight is 337 g/mol. The van der Waals surface area contributed by atoms with Gasteiger partial charge in [-0.05, 0) is 48.1 Å². The maximum absolute atomic E-state index is 13.9. The molecule has 6 heteroatoms. The standard InChI is InChI=1S/C17H14F3NOS/c18-10-5-6-21(8-10)17(22)14-7-9-1-2-11-12(16(9)23-14)3-4-13(19)15(11)20/h3-4,7,10H,1-2,5-6,8H2. The molecule has 23 heavy (non-hydrogen) atoms. The Morgan fingerprint density at radius 2 is 2.09 bits per heavy atom. The number of hydrogen-bond donors (Lipinski definition) is 0. The molecule has 2 heterocycles. The number of carbonyl (C=O) groups excluding carboxylic acids is 1. The van der Waals surface area contributed by atoms with Crippen LogP contribution in [0.15, 0.2) is 18.2 Å². The van der Waals surface area contributed by atoms with Crippen molar-refractivity contribution in [1.29, 1.82) is 0 Å². The van der Waals surface area contributed by atoms with Crippen LogP contribution < -0.4 is 0 Å². The number of alkyl halides is 1. The van der Waals surface area contributed by atoms with Crippen molar-refractivity contribution in [2.75, 3.05) is 13.1 Å². The van der Waals surface area contributed by atoms with Crippen molar-refractivity contribution in [3.63, 3.8) is 0 Å². The number of fused-ring (bicyclic) bond motifs is 3. The second-order valence-electron chi connectivity index (χ2n) is 5.99. The van der Waals surface area contributed by atoms with Crippen LogP contribution in [0.5, 0.6) is 0 Å². The minimum Gasteiger partial charge on any atom is -0.335 e.